The maximum absolute atomic E-state index is 4.00. The monoisotopic (exact) mass is 127 g/mol. The molecule has 0 saturated heterocycles. The summed E-state index contributed by atoms with van der Waals surface area (Å²) in [7, 11) is 1.86. The number of likely N-dealkylation sites (N-methyl/N-ethyl adjacent to an activating group) is 1. The number of hydrogen-bond donors (Lipinski definition) is 1. The summed E-state index contributed by atoms with van der Waals surface area (Å²) >= 11 is 0. The zero-order valence-corrected chi connectivity index (χ0v) is 6.06. The van der Waals surface area contributed by atoms with E-state index in [2.05, 4.69) is 10.6 Å². The molecular weight excluding hydrogens is 112 g/mol. The molecule has 0 radical (unpaired) electrons. The van der Waals surface area contributed by atoms with Crippen molar-refractivity contribution in [1.82, 2.24) is 5.32 Å². The zero-order chi connectivity index (χ0) is 6.53. The molecule has 0 aromatic carbocycles. The summed E-state index contributed by atoms with van der Waals surface area (Å²) in [4.78, 5) is 0. The first-order valence-electron chi connectivity index (χ1n) is 3.72. The largest absolute Gasteiger partial charge is 0.664 e. The molecule has 0 heterocycles. The van der Waals surface area contributed by atoms with E-state index in [-0.39, 0.29) is 0 Å². The first-order valence-corrected chi connectivity index (χ1v) is 3.72. The van der Waals surface area contributed by atoms with Crippen LogP contribution in [0.3, 0.4) is 0 Å². The van der Waals surface area contributed by atoms with Crippen LogP contribution in [0, 0.1) is 0 Å². The van der Waals surface area contributed by atoms with E-state index in [1.54, 1.807) is 0 Å². The van der Waals surface area contributed by atoms with Crippen LogP contribution in [0.5, 0.6) is 0 Å². The molecule has 0 unspecified atom stereocenters. The van der Waals surface area contributed by atoms with Crippen LogP contribution in [0.25, 0.3) is 5.32 Å². The molecule has 0 atom stereocenters. The van der Waals surface area contributed by atoms with Gasteiger partial charge >= 0.3 is 0 Å². The lowest BCUT2D eigenvalue weighted by Gasteiger charge is -2.27. The van der Waals surface area contributed by atoms with Crippen molar-refractivity contribution >= 4 is 0 Å². The molecule has 0 aromatic rings. The maximum Gasteiger partial charge on any atom is 0.00663 e. The topological polar surface area (TPSA) is 26.1 Å². The second-order valence-electron chi connectivity index (χ2n) is 2.62. The minimum atomic E-state index is 0.826. The fourth-order valence-corrected chi connectivity index (χ4v) is 0.993. The van der Waals surface area contributed by atoms with E-state index in [0.717, 1.165) is 19.1 Å². The molecule has 1 aliphatic carbocycles. The highest BCUT2D eigenvalue weighted by atomic mass is 15.0. The Morgan fingerprint density at radius 1 is 1.56 bits per heavy atom. The first-order chi connectivity index (χ1) is 4.43. The lowest BCUT2D eigenvalue weighted by Crippen LogP contribution is -2.36. The quantitative estimate of drug-likeness (QED) is 0.563. The maximum atomic E-state index is 4.00. The molecule has 9 heavy (non-hydrogen) atoms. The highest BCUT2D eigenvalue weighted by Crippen LogP contribution is 2.17. The van der Waals surface area contributed by atoms with Gasteiger partial charge < -0.3 is 10.6 Å². The molecule has 0 aliphatic heterocycles. The predicted octanol–water partition coefficient (Wildman–Crippen LogP) is 1.13. The Morgan fingerprint density at radius 2 is 2.33 bits per heavy atom. The third kappa shape index (κ3) is 2.33. The standard InChI is InChI=1S/C7H15N2/c1-8-5-6-9-7-3-2-4-7/h7,9H,2-6H2,1H3/q-1. The lowest BCUT2D eigenvalue weighted by atomic mass is 9.93. The number of rotatable bonds is 4. The molecule has 0 bridgehead atoms. The van der Waals surface area contributed by atoms with Gasteiger partial charge in [-0.1, -0.05) is 6.42 Å². The van der Waals surface area contributed by atoms with Gasteiger partial charge in [-0.3, -0.25) is 0 Å². The fourth-order valence-electron chi connectivity index (χ4n) is 0.993. The average Bonchev–Trinajstić information content (AvgIpc) is 1.76. The molecular formula is C7H15N2-. The van der Waals surface area contributed by atoms with Crippen LogP contribution < -0.4 is 5.32 Å². The zero-order valence-electron chi connectivity index (χ0n) is 6.06. The highest BCUT2D eigenvalue weighted by molar-refractivity contribution is 4.79. The molecule has 0 spiro atoms. The number of nitrogens with one attached hydrogen (secondary N) is 1. The molecule has 2 nitrogen and oxygen atoms in total. The van der Waals surface area contributed by atoms with E-state index < -0.39 is 0 Å². The van der Waals surface area contributed by atoms with Gasteiger partial charge in [-0.25, -0.2) is 0 Å². The van der Waals surface area contributed by atoms with Crippen molar-refractivity contribution < 1.29 is 0 Å². The van der Waals surface area contributed by atoms with Crippen molar-refractivity contribution in [3.05, 3.63) is 5.32 Å². The van der Waals surface area contributed by atoms with Gasteiger partial charge in [0.25, 0.3) is 0 Å². The summed E-state index contributed by atoms with van der Waals surface area (Å²) in [5.41, 5.74) is 0. The summed E-state index contributed by atoms with van der Waals surface area (Å²) in [5.74, 6) is 0. The van der Waals surface area contributed by atoms with Gasteiger partial charge in [-0.05, 0) is 19.4 Å². The lowest BCUT2D eigenvalue weighted by molar-refractivity contribution is 0.345. The Balaban J connectivity index is 1.80. The molecule has 1 saturated carbocycles. The molecule has 0 amide bonds. The van der Waals surface area contributed by atoms with Crippen molar-refractivity contribution in [1.29, 1.82) is 0 Å². The second-order valence-corrected chi connectivity index (χ2v) is 2.62. The first kappa shape index (κ1) is 7.03. The predicted molar refractivity (Wildman–Crippen MR) is 39.8 cm³/mol. The Labute approximate surface area is 57.0 Å². The van der Waals surface area contributed by atoms with Crippen LogP contribution in [0.15, 0.2) is 0 Å². The van der Waals surface area contributed by atoms with E-state index in [0.29, 0.717) is 0 Å². The average molecular weight is 127 g/mol. The van der Waals surface area contributed by atoms with Crippen molar-refractivity contribution in [2.24, 2.45) is 0 Å². The van der Waals surface area contributed by atoms with Gasteiger partial charge in [0.15, 0.2) is 0 Å². The van der Waals surface area contributed by atoms with Gasteiger partial charge in [-0.15, -0.1) is 6.54 Å². The van der Waals surface area contributed by atoms with Crippen LogP contribution >= 0.6 is 0 Å². The summed E-state index contributed by atoms with van der Waals surface area (Å²) in [6, 6.07) is 0.826. The van der Waals surface area contributed by atoms with Gasteiger partial charge in [0.2, 0.25) is 0 Å². The number of nitrogens with zero attached hydrogens (tertiary/aromatic N) is 1. The van der Waals surface area contributed by atoms with Crippen LogP contribution in [0.1, 0.15) is 19.3 Å². The molecule has 1 aliphatic rings. The van der Waals surface area contributed by atoms with Crippen LogP contribution in [0.4, 0.5) is 0 Å². The minimum absolute atomic E-state index is 0.826. The Kier molecular flexibility index (Phi) is 3.01. The molecule has 2 heteroatoms. The van der Waals surface area contributed by atoms with Crippen LogP contribution in [-0.4, -0.2) is 26.2 Å². The van der Waals surface area contributed by atoms with Crippen LogP contribution in [-0.2, 0) is 0 Å². The second kappa shape index (κ2) is 3.85. The van der Waals surface area contributed by atoms with E-state index >= 15 is 0 Å². The van der Waals surface area contributed by atoms with E-state index in [1.807, 2.05) is 7.05 Å². The Morgan fingerprint density at radius 3 is 2.78 bits per heavy atom. The normalized spacial score (nSPS) is 19.7. The van der Waals surface area contributed by atoms with Gasteiger partial charge in [0.05, 0.1) is 0 Å². The van der Waals surface area contributed by atoms with Crippen molar-refractivity contribution in [3.8, 4) is 0 Å². The summed E-state index contributed by atoms with van der Waals surface area (Å²) in [6.07, 6.45) is 4.17. The van der Waals surface area contributed by atoms with Gasteiger partial charge in [-0.2, -0.15) is 7.05 Å². The van der Waals surface area contributed by atoms with Crippen LogP contribution in [0.2, 0.25) is 0 Å². The minimum Gasteiger partial charge on any atom is -0.664 e. The van der Waals surface area contributed by atoms with Gasteiger partial charge in [0.1, 0.15) is 0 Å². The van der Waals surface area contributed by atoms with Crippen molar-refractivity contribution in [2.45, 2.75) is 25.3 Å². The van der Waals surface area contributed by atoms with Crippen molar-refractivity contribution in [2.75, 3.05) is 20.1 Å². The summed E-state index contributed by atoms with van der Waals surface area (Å²) in [5, 5.41) is 7.43. The molecule has 0 aromatic heterocycles. The third-order valence-corrected chi connectivity index (χ3v) is 1.87. The van der Waals surface area contributed by atoms with E-state index in [9.17, 15) is 0 Å². The SMILES string of the molecule is C[N-]CCNC1CCC1. The Bertz CT molecular complexity index is 69.3. The van der Waals surface area contributed by atoms with E-state index in [4.69, 9.17) is 0 Å². The van der Waals surface area contributed by atoms with E-state index in [1.165, 1.54) is 19.3 Å². The third-order valence-electron chi connectivity index (χ3n) is 1.87. The summed E-state index contributed by atoms with van der Waals surface area (Å²) < 4.78 is 0. The molecule has 1 rings (SSSR count). The molecule has 1 N–H and O–H groups in total. The summed E-state index contributed by atoms with van der Waals surface area (Å²) in [6.45, 7) is 2.04. The Hall–Kier alpha value is -0.0800. The number of hydrogen-bond acceptors (Lipinski definition) is 1. The van der Waals surface area contributed by atoms with Gasteiger partial charge in [0, 0.05) is 6.04 Å². The fraction of sp³-hybridized carbons (Fsp3) is 1.00. The molecule has 1 fully saturated rings. The highest BCUT2D eigenvalue weighted by Gasteiger charge is 2.14. The van der Waals surface area contributed by atoms with Crippen molar-refractivity contribution in [3.63, 3.8) is 0 Å². The molecule has 54 valence electrons. The smallest absolute Gasteiger partial charge is 0.00663 e.